The number of rotatable bonds is 2. The van der Waals surface area contributed by atoms with Crippen LogP contribution in [0.3, 0.4) is 0 Å². The highest BCUT2D eigenvalue weighted by molar-refractivity contribution is 9.09. The van der Waals surface area contributed by atoms with Crippen molar-refractivity contribution in [3.8, 4) is 0 Å². The molecule has 9 heavy (non-hydrogen) atoms. The summed E-state index contributed by atoms with van der Waals surface area (Å²) < 4.78 is 16.9. The molecule has 0 saturated heterocycles. The van der Waals surface area contributed by atoms with Gasteiger partial charge in [0.1, 0.15) is 0 Å². The predicted molar refractivity (Wildman–Crippen MR) is 35.3 cm³/mol. The topological polar surface area (TPSA) is 26.3 Å². The van der Waals surface area contributed by atoms with Crippen LogP contribution >= 0.6 is 15.9 Å². The standard InChI is InChI=1S/C5H8BrFO2/c1-5(7,3-6)4(8)9-2/h3H2,1-2H3/t5-/m1/s1. The van der Waals surface area contributed by atoms with Gasteiger partial charge in [0.2, 0.25) is 5.67 Å². The summed E-state index contributed by atoms with van der Waals surface area (Å²) in [5, 5.41) is -0.0350. The van der Waals surface area contributed by atoms with Crippen LogP contribution in [0, 0.1) is 0 Å². The maximum atomic E-state index is 12.7. The van der Waals surface area contributed by atoms with Crippen LogP contribution in [0.15, 0.2) is 0 Å². The number of alkyl halides is 2. The van der Waals surface area contributed by atoms with Crippen molar-refractivity contribution < 1.29 is 13.9 Å². The zero-order valence-corrected chi connectivity index (χ0v) is 6.87. The van der Waals surface area contributed by atoms with Gasteiger partial charge in [-0.25, -0.2) is 9.18 Å². The van der Waals surface area contributed by atoms with Gasteiger partial charge < -0.3 is 4.74 Å². The second-order valence-electron chi connectivity index (χ2n) is 1.82. The van der Waals surface area contributed by atoms with E-state index in [1.165, 1.54) is 0 Å². The lowest BCUT2D eigenvalue weighted by Gasteiger charge is -2.12. The van der Waals surface area contributed by atoms with E-state index in [0.717, 1.165) is 14.0 Å². The average Bonchev–Trinajstić information content (AvgIpc) is 1.86. The lowest BCUT2D eigenvalue weighted by atomic mass is 10.2. The van der Waals surface area contributed by atoms with Gasteiger partial charge in [-0.15, -0.1) is 0 Å². The zero-order valence-electron chi connectivity index (χ0n) is 5.28. The van der Waals surface area contributed by atoms with Gasteiger partial charge in [0.05, 0.1) is 7.11 Å². The second kappa shape index (κ2) is 3.15. The lowest BCUT2D eigenvalue weighted by molar-refractivity contribution is -0.151. The van der Waals surface area contributed by atoms with Crippen LogP contribution in [-0.2, 0) is 9.53 Å². The second-order valence-corrected chi connectivity index (χ2v) is 2.38. The third-order valence-electron chi connectivity index (χ3n) is 0.862. The summed E-state index contributed by atoms with van der Waals surface area (Å²) in [7, 11) is 1.16. The maximum absolute atomic E-state index is 12.7. The summed E-state index contributed by atoms with van der Waals surface area (Å²) in [6.07, 6.45) is 0. The van der Waals surface area contributed by atoms with E-state index in [4.69, 9.17) is 0 Å². The Hall–Kier alpha value is -0.120. The van der Waals surface area contributed by atoms with Crippen LogP contribution in [-0.4, -0.2) is 24.1 Å². The number of carbonyl (C=O) groups is 1. The fourth-order valence-corrected chi connectivity index (χ4v) is 0.496. The quantitative estimate of drug-likeness (QED) is 0.494. The van der Waals surface area contributed by atoms with E-state index in [2.05, 4.69) is 20.7 Å². The summed E-state index contributed by atoms with van der Waals surface area (Å²) in [5.74, 6) is -0.848. The highest BCUT2D eigenvalue weighted by Gasteiger charge is 2.32. The molecule has 0 aromatic heterocycles. The largest absolute Gasteiger partial charge is 0.467 e. The lowest BCUT2D eigenvalue weighted by Crippen LogP contribution is -2.32. The molecule has 0 aromatic carbocycles. The molecule has 0 aromatic rings. The molecule has 0 radical (unpaired) electrons. The molecule has 0 spiro atoms. The molecule has 0 saturated carbocycles. The molecule has 0 aliphatic carbocycles. The van der Waals surface area contributed by atoms with Gasteiger partial charge in [-0.1, -0.05) is 15.9 Å². The molecular weight excluding hydrogens is 191 g/mol. The van der Waals surface area contributed by atoms with Crippen molar-refractivity contribution >= 4 is 21.9 Å². The summed E-state index contributed by atoms with van der Waals surface area (Å²) in [4.78, 5) is 10.4. The Morgan fingerprint density at radius 3 is 2.44 bits per heavy atom. The number of ether oxygens (including phenoxy) is 1. The first kappa shape index (κ1) is 8.88. The van der Waals surface area contributed by atoms with E-state index in [9.17, 15) is 9.18 Å². The van der Waals surface area contributed by atoms with Gasteiger partial charge in [-0.3, -0.25) is 0 Å². The Morgan fingerprint density at radius 1 is 1.89 bits per heavy atom. The number of hydrogen-bond donors (Lipinski definition) is 0. The molecule has 0 bridgehead atoms. The molecule has 0 N–H and O–H groups in total. The summed E-state index contributed by atoms with van der Waals surface area (Å²) in [5.41, 5.74) is -1.89. The normalized spacial score (nSPS) is 16.4. The Bertz CT molecular complexity index is 114. The van der Waals surface area contributed by atoms with E-state index < -0.39 is 11.6 Å². The summed E-state index contributed by atoms with van der Waals surface area (Å²) >= 11 is 2.84. The van der Waals surface area contributed by atoms with Crippen molar-refractivity contribution in [2.24, 2.45) is 0 Å². The number of esters is 1. The van der Waals surface area contributed by atoms with Gasteiger partial charge >= 0.3 is 5.97 Å². The summed E-state index contributed by atoms with van der Waals surface area (Å²) in [6, 6.07) is 0. The fraction of sp³-hybridized carbons (Fsp3) is 0.800. The van der Waals surface area contributed by atoms with Crippen molar-refractivity contribution in [3.05, 3.63) is 0 Å². The minimum Gasteiger partial charge on any atom is -0.467 e. The molecule has 0 aliphatic rings. The average molecular weight is 199 g/mol. The van der Waals surface area contributed by atoms with Crippen LogP contribution in [0.4, 0.5) is 4.39 Å². The van der Waals surface area contributed by atoms with Gasteiger partial charge in [0, 0.05) is 5.33 Å². The zero-order chi connectivity index (χ0) is 7.49. The molecule has 2 nitrogen and oxygen atoms in total. The fourth-order valence-electron chi connectivity index (χ4n) is 0.267. The molecule has 0 fully saturated rings. The first-order chi connectivity index (χ1) is 4.04. The predicted octanol–water partition coefficient (Wildman–Crippen LogP) is 1.28. The van der Waals surface area contributed by atoms with Crippen LogP contribution in [0.5, 0.6) is 0 Å². The van der Waals surface area contributed by atoms with E-state index in [0.29, 0.717) is 0 Å². The number of methoxy groups -OCH3 is 1. The highest BCUT2D eigenvalue weighted by Crippen LogP contribution is 2.14. The molecule has 0 unspecified atom stereocenters. The molecule has 0 amide bonds. The molecule has 1 atom stereocenters. The van der Waals surface area contributed by atoms with Gasteiger partial charge in [-0.2, -0.15) is 0 Å². The smallest absolute Gasteiger partial charge is 0.344 e. The van der Waals surface area contributed by atoms with Crippen LogP contribution in [0.25, 0.3) is 0 Å². The number of hydrogen-bond acceptors (Lipinski definition) is 2. The molecule has 54 valence electrons. The highest BCUT2D eigenvalue weighted by atomic mass is 79.9. The molecule has 0 heterocycles. The Morgan fingerprint density at radius 2 is 2.33 bits per heavy atom. The van der Waals surface area contributed by atoms with E-state index in [1.807, 2.05) is 0 Å². The van der Waals surface area contributed by atoms with Gasteiger partial charge in [0.25, 0.3) is 0 Å². The van der Waals surface area contributed by atoms with Crippen LogP contribution in [0.1, 0.15) is 6.92 Å². The van der Waals surface area contributed by atoms with E-state index in [-0.39, 0.29) is 5.33 Å². The van der Waals surface area contributed by atoms with Crippen LogP contribution in [0.2, 0.25) is 0 Å². The monoisotopic (exact) mass is 198 g/mol. The molecule has 0 aliphatic heterocycles. The van der Waals surface area contributed by atoms with Gasteiger partial charge in [0.15, 0.2) is 0 Å². The number of carbonyl (C=O) groups excluding carboxylic acids is 1. The van der Waals surface area contributed by atoms with E-state index in [1.54, 1.807) is 0 Å². The molecule has 4 heteroatoms. The van der Waals surface area contributed by atoms with Crippen molar-refractivity contribution in [3.63, 3.8) is 0 Å². The van der Waals surface area contributed by atoms with Crippen molar-refractivity contribution in [1.29, 1.82) is 0 Å². The third kappa shape index (κ3) is 2.30. The first-order valence-corrected chi connectivity index (χ1v) is 3.50. The van der Waals surface area contributed by atoms with E-state index >= 15 is 0 Å². The van der Waals surface area contributed by atoms with Crippen molar-refractivity contribution in [2.45, 2.75) is 12.6 Å². The minimum atomic E-state index is -1.89. The minimum absolute atomic E-state index is 0.0350. The number of halogens is 2. The Kier molecular flexibility index (Phi) is 3.11. The van der Waals surface area contributed by atoms with Crippen molar-refractivity contribution in [1.82, 2.24) is 0 Å². The summed E-state index contributed by atoms with van der Waals surface area (Å²) in [6.45, 7) is 1.16. The Balaban J connectivity index is 3.97. The molecule has 0 rings (SSSR count). The SMILES string of the molecule is COC(=O)[C@](C)(F)CBr. The Labute approximate surface area is 61.5 Å². The first-order valence-electron chi connectivity index (χ1n) is 2.38. The molecular formula is C5H8BrFO2. The van der Waals surface area contributed by atoms with Gasteiger partial charge in [-0.05, 0) is 6.92 Å². The third-order valence-corrected chi connectivity index (χ3v) is 1.92. The maximum Gasteiger partial charge on any atom is 0.344 e. The van der Waals surface area contributed by atoms with Crippen molar-refractivity contribution in [2.75, 3.05) is 12.4 Å². The van der Waals surface area contributed by atoms with Crippen LogP contribution < -0.4 is 0 Å².